The maximum absolute atomic E-state index is 10.4. The molecule has 0 saturated carbocycles. The molecule has 15 atom stereocenters. The minimum Gasteiger partial charge on any atom is -0.387 e. The van der Waals surface area contributed by atoms with Crippen molar-refractivity contribution in [2.24, 2.45) is 11.8 Å². The van der Waals surface area contributed by atoms with Crippen LogP contribution in [0, 0.1) is 11.8 Å². The maximum Gasteiger partial charge on any atom is 0.186 e. The molecule has 0 aromatic rings. The predicted molar refractivity (Wildman–Crippen MR) is 254 cm³/mol. The van der Waals surface area contributed by atoms with E-state index in [4.69, 9.17) is 46.8 Å². The van der Waals surface area contributed by atoms with Gasteiger partial charge in [-0.1, -0.05) is 91.0 Å². The second-order valence-corrected chi connectivity index (χ2v) is 51.4. The number of hydrogen-bond acceptors (Lipinski definition) is 13. The Balaban J connectivity index is 0.000000447. The molecule has 6 bridgehead atoms. The molecule has 0 aromatic heterocycles. The normalized spacial score (nSPS) is 38.1. The number of rotatable bonds is 6. The zero-order chi connectivity index (χ0) is 43.9. The van der Waals surface area contributed by atoms with Gasteiger partial charge in [-0.2, -0.15) is 0 Å². The summed E-state index contributed by atoms with van der Waals surface area (Å²) in [6, 6.07) is 0. The number of halogens is 3. The average Bonchev–Trinajstić information content (AvgIpc) is 3.84. The summed E-state index contributed by atoms with van der Waals surface area (Å²) in [7, 11) is -5.78. The number of aliphatic hydroxyl groups is 4. The van der Waals surface area contributed by atoms with E-state index in [0.29, 0.717) is 26.5 Å². The molecule has 6 saturated heterocycles. The summed E-state index contributed by atoms with van der Waals surface area (Å²) in [6.45, 7) is 39.6. The van der Waals surface area contributed by atoms with Crippen LogP contribution in [0.4, 0.5) is 0 Å². The van der Waals surface area contributed by atoms with Crippen molar-refractivity contribution in [1.82, 2.24) is 0 Å². The Morgan fingerprint density at radius 3 is 1.22 bits per heavy atom. The van der Waals surface area contributed by atoms with Crippen molar-refractivity contribution in [2.75, 3.05) is 19.8 Å². The molecule has 0 radical (unpaired) electrons. The monoisotopic (exact) mass is 1240 g/mol. The predicted octanol–water partition coefficient (Wildman–Crippen LogP) is 5.16. The molecule has 19 heteroatoms. The average molecular weight is 1240 g/mol. The number of aliphatic hydroxyl groups excluding tert-OH is 4. The van der Waals surface area contributed by atoms with Gasteiger partial charge in [-0.3, -0.25) is 0 Å². The van der Waals surface area contributed by atoms with E-state index in [9.17, 15) is 15.3 Å². The molecule has 6 rings (SSSR count). The van der Waals surface area contributed by atoms with Crippen LogP contribution in [0.15, 0.2) is 0 Å². The van der Waals surface area contributed by atoms with Gasteiger partial charge in [-0.05, 0) is 54.4 Å². The number of ether oxygens (including phenoxy) is 6. The zero-order valence-corrected chi connectivity index (χ0v) is 46.9. The van der Waals surface area contributed by atoms with Crippen molar-refractivity contribution < 1.29 is 75.4 Å². The first-order valence-corrected chi connectivity index (χ1v) is 41.6. The molecule has 6 unspecified atom stereocenters. The first-order valence-electron chi connectivity index (χ1n) is 20.3. The largest absolute Gasteiger partial charge is 0.387 e. The molecular formula is C40H84I3O13Si3-. The fraction of sp³-hybridized carbons (Fsp3) is 1.00. The van der Waals surface area contributed by atoms with Crippen LogP contribution < -0.4 is 13.3 Å². The number of fused-ring (bicyclic) bond motifs is 6. The Hall–Kier alpha value is 2.32. The van der Waals surface area contributed by atoms with Crippen molar-refractivity contribution >= 4 is 62.2 Å². The molecule has 59 heavy (non-hydrogen) atoms. The van der Waals surface area contributed by atoms with Gasteiger partial charge in [-0.25, -0.2) is 0 Å². The van der Waals surface area contributed by atoms with Crippen LogP contribution >= 0.6 is 37.2 Å². The molecule has 4 N–H and O–H groups in total. The minimum absolute atomic E-state index is 0. The summed E-state index contributed by atoms with van der Waals surface area (Å²) in [5.41, 5.74) is 0. The second kappa shape index (κ2) is 22.9. The smallest absolute Gasteiger partial charge is 0.186 e. The van der Waals surface area contributed by atoms with Gasteiger partial charge in [0.05, 0.1) is 44.2 Å². The summed E-state index contributed by atoms with van der Waals surface area (Å²) in [4.78, 5) is 0. The summed E-state index contributed by atoms with van der Waals surface area (Å²) >= 11 is 5.30. The first kappa shape index (κ1) is 59.3. The van der Waals surface area contributed by atoms with Gasteiger partial charge in [0.2, 0.25) is 0 Å². The van der Waals surface area contributed by atoms with E-state index in [1.807, 2.05) is 6.92 Å². The van der Waals surface area contributed by atoms with E-state index in [0.717, 1.165) is 0 Å². The Labute approximate surface area is 391 Å². The molecule has 0 amide bonds. The Kier molecular flexibility index (Phi) is 23.0. The molecule has 6 fully saturated rings. The van der Waals surface area contributed by atoms with Crippen LogP contribution in [0.3, 0.4) is 0 Å². The molecule has 6 heterocycles. The van der Waals surface area contributed by atoms with Crippen LogP contribution in [-0.2, 0) is 41.7 Å². The van der Waals surface area contributed by atoms with Crippen molar-refractivity contribution in [3.8, 4) is 0 Å². The van der Waals surface area contributed by atoms with Gasteiger partial charge in [-0.15, -0.1) is 0 Å². The van der Waals surface area contributed by atoms with Gasteiger partial charge < -0.3 is 62.1 Å². The van der Waals surface area contributed by atoms with E-state index in [1.54, 1.807) is 0 Å². The van der Waals surface area contributed by atoms with Crippen LogP contribution in [-0.4, -0.2) is 145 Å². The Morgan fingerprint density at radius 2 is 0.797 bits per heavy atom. The fourth-order valence-corrected chi connectivity index (χ4v) is 10.4. The molecule has 13 nitrogen and oxygen atoms in total. The third kappa shape index (κ3) is 14.4. The SMILES string of the molecule is C.C.CC1[C@H](O)C(O[Si](C)(C)C(C)(C)C)[C@@H]2OC[C@H]1O2.CC1[C@H](O[Si](C)(C)C(C)(C)C)C(O[Si](C)(C)C(C)(C)C)[C@@H]2OC[C@H]1O2.I[I-]I.OC1[C@@H]2OC[C@@H](O2)C(O)[C@@H]1O. The number of hydrogen-bond donors (Lipinski definition) is 4. The Morgan fingerprint density at radius 1 is 0.475 bits per heavy atom. The molecule has 0 aliphatic carbocycles. The molecular weight excluding hydrogens is 1150 g/mol. The van der Waals surface area contributed by atoms with Gasteiger partial charge in [0.1, 0.15) is 36.6 Å². The molecule has 6 aliphatic heterocycles. The molecule has 0 spiro atoms. The molecule has 6 aliphatic rings. The van der Waals surface area contributed by atoms with Gasteiger partial charge >= 0.3 is 50.5 Å². The van der Waals surface area contributed by atoms with Crippen molar-refractivity contribution in [2.45, 2.75) is 225 Å². The quantitative estimate of drug-likeness (QED) is 0.204. The standard InChI is InChI=1S/C19H40O4Si2.C13H26O4Si.C6H10O5.2CH4.I3/c1-13-14-12-20-17(21-14)16(23-25(10,11)19(5,6)7)15(13)22-24(8,9)18(2,3)4;1-8-9-7-15-12(16-9)11(10(8)14)17-18(5,6)13(2,3)4;7-3-2-1-10-6(11-2)5(9)4(3)8;;;1-3-2/h13-17H,12H2,1-11H3;8-12,14H,7H2,1-6H3;2-9H,1H2;2*1H4;/q;;;;;-1/t13?,14-,15+,16?,17-;8?,9-,10+,11?,12-;2-,3?,4+,5?,6-;;;/m111.../s1. The van der Waals surface area contributed by atoms with E-state index in [-0.39, 0.29) is 85.2 Å². The third-order valence-electron chi connectivity index (χ3n) is 13.7. The topological polar surface area (TPSA) is 164 Å². The van der Waals surface area contributed by atoms with Gasteiger partial charge in [0.25, 0.3) is 0 Å². The van der Waals surface area contributed by atoms with E-state index in [1.165, 1.54) is 0 Å². The summed E-state index contributed by atoms with van der Waals surface area (Å²) in [5, 5.41) is 38.4. The summed E-state index contributed by atoms with van der Waals surface area (Å²) < 4.78 is 53.4. The van der Waals surface area contributed by atoms with Crippen LogP contribution in [0.1, 0.15) is 91.0 Å². The van der Waals surface area contributed by atoms with E-state index >= 15 is 0 Å². The summed E-state index contributed by atoms with van der Waals surface area (Å²) in [6.07, 6.45) is -6.05. The summed E-state index contributed by atoms with van der Waals surface area (Å²) in [5.74, 6) is 0.348. The van der Waals surface area contributed by atoms with E-state index < -0.39 is 68.1 Å². The second-order valence-electron chi connectivity index (χ2n) is 20.9. The van der Waals surface area contributed by atoms with E-state index in [2.05, 4.69) is 146 Å². The minimum atomic E-state index is -1.95. The van der Waals surface area contributed by atoms with Crippen LogP contribution in [0.2, 0.25) is 54.4 Å². The van der Waals surface area contributed by atoms with Crippen molar-refractivity contribution in [1.29, 1.82) is 0 Å². The van der Waals surface area contributed by atoms with Crippen molar-refractivity contribution in [3.63, 3.8) is 0 Å². The molecule has 356 valence electrons. The zero-order valence-electron chi connectivity index (χ0n) is 37.4. The van der Waals surface area contributed by atoms with Crippen LogP contribution in [0.25, 0.3) is 0 Å². The third-order valence-corrected chi connectivity index (χ3v) is 27.1. The molecule has 0 aromatic carbocycles. The van der Waals surface area contributed by atoms with Crippen molar-refractivity contribution in [3.05, 3.63) is 0 Å². The Bertz CT molecular complexity index is 1220. The fourth-order valence-electron chi connectivity index (χ4n) is 6.48. The first-order chi connectivity index (χ1) is 25.8. The van der Waals surface area contributed by atoms with Gasteiger partial charge in [0, 0.05) is 11.8 Å². The maximum atomic E-state index is 10.4. The van der Waals surface area contributed by atoms with Gasteiger partial charge in [0.15, 0.2) is 43.8 Å². The van der Waals surface area contributed by atoms with Crippen LogP contribution in [0.5, 0.6) is 0 Å².